The largest absolute Gasteiger partial charge is 0.497 e. The molecule has 0 radical (unpaired) electrons. The number of carbonyl (C=O) groups excluding carboxylic acids is 1. The molecule has 0 aliphatic heterocycles. The van der Waals surface area contributed by atoms with E-state index in [-0.39, 0.29) is 27.9 Å². The average Bonchev–Trinajstić information content (AvgIpc) is 3.16. The molecular weight excluding hydrogens is 400 g/mol. The Morgan fingerprint density at radius 2 is 1.83 bits per heavy atom. The quantitative estimate of drug-likeness (QED) is 0.327. The van der Waals surface area contributed by atoms with Crippen LogP contribution in [-0.2, 0) is 0 Å². The summed E-state index contributed by atoms with van der Waals surface area (Å²) >= 11 is 5.12. The molecule has 0 aliphatic rings. The number of anilines is 1. The van der Waals surface area contributed by atoms with E-state index in [4.69, 9.17) is 26.1 Å². The normalized spacial score (nSPS) is 10.3. The van der Waals surface area contributed by atoms with Crippen molar-refractivity contribution in [3.8, 4) is 11.5 Å². The van der Waals surface area contributed by atoms with Crippen LogP contribution >= 0.6 is 12.2 Å². The third-order valence-electron chi connectivity index (χ3n) is 3.86. The van der Waals surface area contributed by atoms with Gasteiger partial charge in [0.1, 0.15) is 5.75 Å². The lowest BCUT2D eigenvalue weighted by Crippen LogP contribution is -2.43. The molecule has 0 atom stereocenters. The molecule has 0 bridgehead atoms. The summed E-state index contributed by atoms with van der Waals surface area (Å²) in [5, 5.41) is 14.4. The standard InChI is InChI=1S/C18H16N4O6S/c1-26-13-5-3-11(4-6-13)19-18(29)21-20-17(23)15-8-10-7-12(22(24)25)9-14(27-2)16(10)28-15/h3-9H,1-2H3,(H,20,23)(H2,19,21,29). The molecule has 2 aromatic carbocycles. The molecule has 0 fully saturated rings. The Bertz CT molecular complexity index is 1080. The van der Waals surface area contributed by atoms with Gasteiger partial charge in [-0.2, -0.15) is 0 Å². The van der Waals surface area contributed by atoms with Crippen LogP contribution in [0, 0.1) is 10.1 Å². The summed E-state index contributed by atoms with van der Waals surface area (Å²) in [6.45, 7) is 0. The van der Waals surface area contributed by atoms with Gasteiger partial charge >= 0.3 is 5.91 Å². The summed E-state index contributed by atoms with van der Waals surface area (Å²) in [6, 6.07) is 10.9. The second kappa shape index (κ2) is 8.44. The van der Waals surface area contributed by atoms with Crippen molar-refractivity contribution in [1.82, 2.24) is 10.9 Å². The first-order valence-corrected chi connectivity index (χ1v) is 8.59. The first kappa shape index (κ1) is 19.9. The van der Waals surface area contributed by atoms with E-state index in [1.807, 2.05) is 0 Å². The van der Waals surface area contributed by atoms with Gasteiger partial charge < -0.3 is 19.2 Å². The van der Waals surface area contributed by atoms with Crippen molar-refractivity contribution in [2.24, 2.45) is 0 Å². The van der Waals surface area contributed by atoms with Crippen LogP contribution in [0.5, 0.6) is 11.5 Å². The predicted molar refractivity (Wildman–Crippen MR) is 109 cm³/mol. The number of rotatable bonds is 5. The zero-order chi connectivity index (χ0) is 21.0. The van der Waals surface area contributed by atoms with Crippen molar-refractivity contribution < 1.29 is 23.6 Å². The number of thiocarbonyl (C=S) groups is 1. The number of hydrogen-bond acceptors (Lipinski definition) is 7. The number of nitrogens with zero attached hydrogens (tertiary/aromatic N) is 1. The van der Waals surface area contributed by atoms with Gasteiger partial charge in [0.25, 0.3) is 5.69 Å². The molecule has 0 unspecified atom stereocenters. The fraction of sp³-hybridized carbons (Fsp3) is 0.111. The van der Waals surface area contributed by atoms with Crippen LogP contribution < -0.4 is 25.6 Å². The van der Waals surface area contributed by atoms with Gasteiger partial charge in [0.2, 0.25) is 0 Å². The van der Waals surface area contributed by atoms with E-state index in [1.165, 1.54) is 25.3 Å². The number of hydrazine groups is 1. The maximum atomic E-state index is 12.3. The van der Waals surface area contributed by atoms with E-state index in [1.54, 1.807) is 31.4 Å². The number of furan rings is 1. The predicted octanol–water partition coefficient (Wildman–Crippen LogP) is 2.99. The van der Waals surface area contributed by atoms with E-state index < -0.39 is 10.8 Å². The van der Waals surface area contributed by atoms with E-state index in [0.717, 1.165) is 0 Å². The summed E-state index contributed by atoms with van der Waals surface area (Å²) in [7, 11) is 2.92. The van der Waals surface area contributed by atoms with Crippen LogP contribution in [0.15, 0.2) is 46.9 Å². The summed E-state index contributed by atoms with van der Waals surface area (Å²) in [6.07, 6.45) is 0. The van der Waals surface area contributed by atoms with E-state index in [2.05, 4.69) is 16.2 Å². The highest BCUT2D eigenvalue weighted by Gasteiger charge is 2.19. The lowest BCUT2D eigenvalue weighted by atomic mass is 10.2. The molecule has 0 aliphatic carbocycles. The number of fused-ring (bicyclic) bond motifs is 1. The van der Waals surface area contributed by atoms with Gasteiger partial charge in [-0.1, -0.05) is 0 Å². The number of nitro groups is 1. The molecule has 11 heteroatoms. The fourth-order valence-electron chi connectivity index (χ4n) is 2.49. The minimum atomic E-state index is -0.621. The smallest absolute Gasteiger partial charge is 0.305 e. The summed E-state index contributed by atoms with van der Waals surface area (Å²) in [5.74, 6) is 0.157. The van der Waals surface area contributed by atoms with Crippen LogP contribution in [0.3, 0.4) is 0 Å². The first-order valence-electron chi connectivity index (χ1n) is 8.18. The third-order valence-corrected chi connectivity index (χ3v) is 4.06. The van der Waals surface area contributed by atoms with Gasteiger partial charge in [-0.15, -0.1) is 0 Å². The third kappa shape index (κ3) is 4.52. The van der Waals surface area contributed by atoms with Crippen LogP contribution in [0.1, 0.15) is 10.6 Å². The van der Waals surface area contributed by atoms with Crippen molar-refractivity contribution in [2.75, 3.05) is 19.5 Å². The van der Waals surface area contributed by atoms with E-state index in [0.29, 0.717) is 16.8 Å². The van der Waals surface area contributed by atoms with E-state index in [9.17, 15) is 14.9 Å². The molecule has 1 amide bonds. The molecule has 29 heavy (non-hydrogen) atoms. The monoisotopic (exact) mass is 416 g/mol. The highest BCUT2D eigenvalue weighted by molar-refractivity contribution is 7.80. The maximum absolute atomic E-state index is 12.3. The lowest BCUT2D eigenvalue weighted by molar-refractivity contribution is -0.384. The van der Waals surface area contributed by atoms with Gasteiger partial charge in [0, 0.05) is 17.1 Å². The lowest BCUT2D eigenvalue weighted by Gasteiger charge is -2.11. The number of non-ortho nitro benzene ring substituents is 1. The number of carbonyl (C=O) groups is 1. The van der Waals surface area contributed by atoms with Crippen LogP contribution in [0.25, 0.3) is 11.0 Å². The molecule has 3 rings (SSSR count). The molecule has 0 saturated carbocycles. The molecule has 1 aromatic heterocycles. The first-order chi connectivity index (χ1) is 13.9. The van der Waals surface area contributed by atoms with Gasteiger partial charge in [-0.3, -0.25) is 25.8 Å². The Balaban J connectivity index is 1.67. The molecule has 3 aromatic rings. The highest BCUT2D eigenvalue weighted by atomic mass is 32.1. The number of nitro benzene ring substituents is 1. The van der Waals surface area contributed by atoms with E-state index >= 15 is 0 Å². The topological polar surface area (TPSA) is 128 Å². The minimum absolute atomic E-state index is 0.0708. The second-order valence-electron chi connectivity index (χ2n) is 5.70. The van der Waals surface area contributed by atoms with Crippen LogP contribution in [0.4, 0.5) is 11.4 Å². The maximum Gasteiger partial charge on any atom is 0.305 e. The average molecular weight is 416 g/mol. The van der Waals surface area contributed by atoms with Gasteiger partial charge in [-0.25, -0.2) is 0 Å². The number of amides is 1. The van der Waals surface area contributed by atoms with Crippen LogP contribution in [0.2, 0.25) is 0 Å². The Morgan fingerprint density at radius 3 is 2.45 bits per heavy atom. The number of ether oxygens (including phenoxy) is 2. The molecule has 1 heterocycles. The van der Waals surface area contributed by atoms with Crippen molar-refractivity contribution in [3.05, 3.63) is 58.3 Å². The Labute approximate surface area is 169 Å². The molecule has 0 spiro atoms. The molecular formula is C18H16N4O6S. The van der Waals surface area contributed by atoms with Crippen molar-refractivity contribution in [3.63, 3.8) is 0 Å². The number of nitrogens with one attached hydrogen (secondary N) is 3. The second-order valence-corrected chi connectivity index (χ2v) is 6.10. The fourth-order valence-corrected chi connectivity index (χ4v) is 2.66. The summed E-state index contributed by atoms with van der Waals surface area (Å²) < 4.78 is 15.7. The SMILES string of the molecule is COc1ccc(NC(=S)NNC(=O)c2cc3cc([N+](=O)[O-])cc(OC)c3o2)cc1. The number of benzene rings is 2. The van der Waals surface area contributed by atoms with Gasteiger partial charge in [-0.05, 0) is 42.5 Å². The zero-order valence-corrected chi connectivity index (χ0v) is 16.2. The Morgan fingerprint density at radius 1 is 1.10 bits per heavy atom. The Hall–Kier alpha value is -3.86. The van der Waals surface area contributed by atoms with Crippen molar-refractivity contribution in [2.45, 2.75) is 0 Å². The van der Waals surface area contributed by atoms with Gasteiger partial charge in [0.05, 0.1) is 25.2 Å². The summed E-state index contributed by atoms with van der Waals surface area (Å²) in [5.41, 5.74) is 5.68. The molecule has 10 nitrogen and oxygen atoms in total. The van der Waals surface area contributed by atoms with Crippen LogP contribution in [-0.4, -0.2) is 30.2 Å². The van der Waals surface area contributed by atoms with Crippen molar-refractivity contribution >= 4 is 45.6 Å². The zero-order valence-electron chi connectivity index (χ0n) is 15.3. The van der Waals surface area contributed by atoms with Crippen molar-refractivity contribution in [1.29, 1.82) is 0 Å². The molecule has 0 saturated heterocycles. The highest BCUT2D eigenvalue weighted by Crippen LogP contribution is 2.33. The molecule has 3 N–H and O–H groups in total. The number of methoxy groups -OCH3 is 2. The Kier molecular flexibility index (Phi) is 5.79. The number of hydrogen-bond donors (Lipinski definition) is 3. The molecule has 150 valence electrons. The minimum Gasteiger partial charge on any atom is -0.497 e. The van der Waals surface area contributed by atoms with Gasteiger partial charge in [0.15, 0.2) is 22.2 Å². The summed E-state index contributed by atoms with van der Waals surface area (Å²) in [4.78, 5) is 22.8.